The van der Waals surface area contributed by atoms with E-state index in [1.807, 2.05) is 7.11 Å². The fraction of sp³-hybridized carbons (Fsp3) is 0.538. The number of anilines is 1. The molecule has 1 fully saturated rings. The Morgan fingerprint density at radius 1 is 1.12 bits per heavy atom. The molecule has 1 aliphatic carbocycles. The molecule has 1 N–H and O–H groups in total. The zero-order valence-electron chi connectivity index (χ0n) is 9.58. The second-order valence-electron chi connectivity index (χ2n) is 4.36. The van der Waals surface area contributed by atoms with Gasteiger partial charge < -0.3 is 10.1 Å². The van der Waals surface area contributed by atoms with Crippen molar-refractivity contribution in [3.8, 4) is 0 Å². The van der Waals surface area contributed by atoms with Gasteiger partial charge in [-0.3, -0.25) is 0 Å². The third-order valence-electron chi connectivity index (χ3n) is 3.22. The largest absolute Gasteiger partial charge is 0.382 e. The molecular weight excluding hydrogens is 313 g/mol. The summed E-state index contributed by atoms with van der Waals surface area (Å²) in [5.41, 5.74) is 1.24. The van der Waals surface area contributed by atoms with Gasteiger partial charge in [0.25, 0.3) is 0 Å². The van der Waals surface area contributed by atoms with Crippen molar-refractivity contribution in [1.29, 1.82) is 0 Å². The third-order valence-corrected chi connectivity index (χ3v) is 3.94. The van der Waals surface area contributed by atoms with Crippen LogP contribution in [0.1, 0.15) is 25.7 Å². The number of nitrogens with one attached hydrogen (secondary N) is 1. The van der Waals surface area contributed by atoms with Crippen molar-refractivity contribution in [3.63, 3.8) is 0 Å². The van der Waals surface area contributed by atoms with Gasteiger partial charge in [0.2, 0.25) is 0 Å². The lowest BCUT2D eigenvalue weighted by molar-refractivity contribution is 0.0682. The van der Waals surface area contributed by atoms with Crippen LogP contribution < -0.4 is 5.32 Å². The van der Waals surface area contributed by atoms with Crippen molar-refractivity contribution >= 4 is 28.3 Å². The van der Waals surface area contributed by atoms with Crippen LogP contribution in [0.5, 0.6) is 0 Å². The number of methoxy groups -OCH3 is 1. The van der Waals surface area contributed by atoms with E-state index in [1.165, 1.54) is 34.9 Å². The van der Waals surface area contributed by atoms with Crippen LogP contribution in [0.4, 0.5) is 5.69 Å². The van der Waals surface area contributed by atoms with E-state index in [1.54, 1.807) is 0 Å². The van der Waals surface area contributed by atoms with E-state index in [9.17, 15) is 0 Å². The van der Waals surface area contributed by atoms with Gasteiger partial charge in [0.1, 0.15) is 0 Å². The fourth-order valence-electron chi connectivity index (χ4n) is 2.22. The Kier molecular flexibility index (Phi) is 4.46. The lowest BCUT2D eigenvalue weighted by Crippen LogP contribution is -2.29. The first-order valence-electron chi connectivity index (χ1n) is 5.83. The van der Waals surface area contributed by atoms with E-state index >= 15 is 0 Å². The second kappa shape index (κ2) is 5.87. The van der Waals surface area contributed by atoms with Crippen LogP contribution in [0.3, 0.4) is 0 Å². The molecular formula is C13H18INO. The van der Waals surface area contributed by atoms with E-state index in [0.29, 0.717) is 12.1 Å². The lowest BCUT2D eigenvalue weighted by atomic mass is 9.93. The maximum absolute atomic E-state index is 5.38. The van der Waals surface area contributed by atoms with Crippen LogP contribution in [0.25, 0.3) is 0 Å². The molecule has 0 spiro atoms. The van der Waals surface area contributed by atoms with Crippen molar-refractivity contribution in [1.82, 2.24) is 0 Å². The van der Waals surface area contributed by atoms with Gasteiger partial charge in [0.15, 0.2) is 0 Å². The van der Waals surface area contributed by atoms with Crippen LogP contribution in [-0.2, 0) is 4.74 Å². The molecule has 0 saturated heterocycles. The minimum atomic E-state index is 0.481. The van der Waals surface area contributed by atoms with Crippen LogP contribution in [0, 0.1) is 3.57 Å². The molecule has 88 valence electrons. The lowest BCUT2D eigenvalue weighted by Gasteiger charge is -2.28. The molecule has 0 radical (unpaired) electrons. The van der Waals surface area contributed by atoms with Crippen molar-refractivity contribution in [3.05, 3.63) is 27.8 Å². The van der Waals surface area contributed by atoms with Crippen LogP contribution in [-0.4, -0.2) is 19.3 Å². The van der Waals surface area contributed by atoms with Gasteiger partial charge in [-0.05, 0) is 72.5 Å². The molecule has 16 heavy (non-hydrogen) atoms. The van der Waals surface area contributed by atoms with Gasteiger partial charge in [0.05, 0.1) is 6.10 Å². The number of benzene rings is 1. The van der Waals surface area contributed by atoms with Crippen molar-refractivity contribution in [2.45, 2.75) is 37.8 Å². The average Bonchev–Trinajstić information content (AvgIpc) is 2.33. The molecule has 1 saturated carbocycles. The van der Waals surface area contributed by atoms with Gasteiger partial charge in [-0.2, -0.15) is 0 Å². The highest BCUT2D eigenvalue weighted by molar-refractivity contribution is 14.1. The first-order chi connectivity index (χ1) is 7.78. The minimum Gasteiger partial charge on any atom is -0.382 e. The SMILES string of the molecule is COC1CCC(Nc2ccc(I)cc2)CC1. The predicted octanol–water partition coefficient (Wildman–Crippen LogP) is 3.66. The average molecular weight is 331 g/mol. The van der Waals surface area contributed by atoms with E-state index < -0.39 is 0 Å². The maximum Gasteiger partial charge on any atom is 0.0572 e. The normalized spacial score (nSPS) is 25.4. The molecule has 2 nitrogen and oxygen atoms in total. The Labute approximate surface area is 111 Å². The van der Waals surface area contributed by atoms with E-state index in [0.717, 1.165) is 0 Å². The molecule has 0 amide bonds. The predicted molar refractivity (Wildman–Crippen MR) is 75.8 cm³/mol. The molecule has 1 aromatic rings. The smallest absolute Gasteiger partial charge is 0.0572 e. The molecule has 0 heterocycles. The van der Waals surface area contributed by atoms with E-state index in [4.69, 9.17) is 4.74 Å². The summed E-state index contributed by atoms with van der Waals surface area (Å²) in [5.74, 6) is 0. The molecule has 2 rings (SSSR count). The molecule has 0 aromatic heterocycles. The standard InChI is InChI=1S/C13H18INO/c1-16-13-8-6-12(7-9-13)15-11-4-2-10(14)3-5-11/h2-5,12-13,15H,6-9H2,1H3. The number of rotatable bonds is 3. The highest BCUT2D eigenvalue weighted by Gasteiger charge is 2.20. The summed E-state index contributed by atoms with van der Waals surface area (Å²) in [6.07, 6.45) is 5.27. The Hall–Kier alpha value is -0.290. The Balaban J connectivity index is 1.84. The molecule has 0 aliphatic heterocycles. The van der Waals surface area contributed by atoms with Gasteiger partial charge in [-0.15, -0.1) is 0 Å². The maximum atomic E-state index is 5.38. The summed E-state index contributed by atoms with van der Waals surface area (Å²) in [4.78, 5) is 0. The topological polar surface area (TPSA) is 21.3 Å². The van der Waals surface area contributed by atoms with E-state index in [2.05, 4.69) is 52.2 Å². The van der Waals surface area contributed by atoms with Crippen molar-refractivity contribution in [2.75, 3.05) is 12.4 Å². The van der Waals surface area contributed by atoms with Gasteiger partial charge in [-0.25, -0.2) is 0 Å². The zero-order valence-corrected chi connectivity index (χ0v) is 11.7. The summed E-state index contributed by atoms with van der Waals surface area (Å²) in [7, 11) is 1.82. The van der Waals surface area contributed by atoms with E-state index in [-0.39, 0.29) is 0 Å². The summed E-state index contributed by atoms with van der Waals surface area (Å²) >= 11 is 2.33. The van der Waals surface area contributed by atoms with Crippen molar-refractivity contribution in [2.24, 2.45) is 0 Å². The third kappa shape index (κ3) is 3.35. The summed E-state index contributed by atoms with van der Waals surface area (Å²) in [6.45, 7) is 0. The molecule has 0 unspecified atom stereocenters. The Morgan fingerprint density at radius 3 is 2.31 bits per heavy atom. The number of halogens is 1. The molecule has 3 heteroatoms. The Morgan fingerprint density at radius 2 is 1.75 bits per heavy atom. The summed E-state index contributed by atoms with van der Waals surface area (Å²) < 4.78 is 6.66. The summed E-state index contributed by atoms with van der Waals surface area (Å²) in [5, 5.41) is 3.59. The zero-order chi connectivity index (χ0) is 11.4. The molecule has 1 aromatic carbocycles. The number of ether oxygens (including phenoxy) is 1. The van der Waals surface area contributed by atoms with Gasteiger partial charge in [0, 0.05) is 22.4 Å². The van der Waals surface area contributed by atoms with Gasteiger partial charge in [-0.1, -0.05) is 0 Å². The number of hydrogen-bond acceptors (Lipinski definition) is 2. The highest BCUT2D eigenvalue weighted by atomic mass is 127. The van der Waals surface area contributed by atoms with Crippen molar-refractivity contribution < 1.29 is 4.74 Å². The molecule has 0 bridgehead atoms. The summed E-state index contributed by atoms with van der Waals surface area (Å²) in [6, 6.07) is 9.22. The van der Waals surface area contributed by atoms with Crippen LogP contribution in [0.15, 0.2) is 24.3 Å². The van der Waals surface area contributed by atoms with Crippen LogP contribution in [0.2, 0.25) is 0 Å². The highest BCUT2D eigenvalue weighted by Crippen LogP contribution is 2.24. The molecule has 1 aliphatic rings. The van der Waals surface area contributed by atoms with Gasteiger partial charge >= 0.3 is 0 Å². The number of hydrogen-bond donors (Lipinski definition) is 1. The first kappa shape index (κ1) is 12.2. The second-order valence-corrected chi connectivity index (χ2v) is 5.61. The first-order valence-corrected chi connectivity index (χ1v) is 6.90. The monoisotopic (exact) mass is 331 g/mol. The fourth-order valence-corrected chi connectivity index (χ4v) is 2.58. The van der Waals surface area contributed by atoms with Crippen LogP contribution >= 0.6 is 22.6 Å². The minimum absolute atomic E-state index is 0.481. The quantitative estimate of drug-likeness (QED) is 0.854. The molecule has 0 atom stereocenters. The Bertz CT molecular complexity index is 317.